The zero-order valence-electron chi connectivity index (χ0n) is 9.68. The third kappa shape index (κ3) is 2.33. The van der Waals surface area contributed by atoms with Gasteiger partial charge < -0.3 is 9.73 Å². The Morgan fingerprint density at radius 3 is 2.94 bits per heavy atom. The Balaban J connectivity index is 2.14. The van der Waals surface area contributed by atoms with Crippen molar-refractivity contribution in [2.45, 2.75) is 19.4 Å². The SMILES string of the molecule is CCNC(Cc1ccco1)c1ccnn1C. The number of nitrogens with zero attached hydrogens (tertiary/aromatic N) is 2. The van der Waals surface area contributed by atoms with Crippen LogP contribution in [0.3, 0.4) is 0 Å². The molecule has 2 aromatic heterocycles. The lowest BCUT2D eigenvalue weighted by molar-refractivity contribution is 0.440. The van der Waals surface area contributed by atoms with Crippen LogP contribution < -0.4 is 5.32 Å². The maximum absolute atomic E-state index is 5.38. The molecule has 2 aromatic rings. The molecule has 0 bridgehead atoms. The molecule has 1 N–H and O–H groups in total. The van der Waals surface area contributed by atoms with E-state index in [1.807, 2.05) is 36.1 Å². The molecule has 0 aliphatic rings. The fraction of sp³-hybridized carbons (Fsp3) is 0.417. The van der Waals surface area contributed by atoms with Crippen molar-refractivity contribution >= 4 is 0 Å². The molecule has 1 unspecified atom stereocenters. The molecule has 0 fully saturated rings. The van der Waals surface area contributed by atoms with Gasteiger partial charge in [-0.3, -0.25) is 4.68 Å². The molecule has 0 aromatic carbocycles. The highest BCUT2D eigenvalue weighted by molar-refractivity contribution is 5.11. The molecule has 0 spiro atoms. The molecule has 4 nitrogen and oxygen atoms in total. The standard InChI is InChI=1S/C12H17N3O/c1-3-13-11(9-10-5-4-8-16-10)12-6-7-14-15(12)2/h4-8,11,13H,3,9H2,1-2H3. The van der Waals surface area contributed by atoms with Gasteiger partial charge in [-0.25, -0.2) is 0 Å². The van der Waals surface area contributed by atoms with Crippen molar-refractivity contribution in [1.29, 1.82) is 0 Å². The summed E-state index contributed by atoms with van der Waals surface area (Å²) in [6, 6.07) is 6.21. The molecule has 0 radical (unpaired) electrons. The Kier molecular flexibility index (Phi) is 3.41. The normalized spacial score (nSPS) is 12.9. The zero-order valence-corrected chi connectivity index (χ0v) is 9.68. The van der Waals surface area contributed by atoms with Gasteiger partial charge in [0, 0.05) is 19.7 Å². The van der Waals surface area contributed by atoms with Gasteiger partial charge >= 0.3 is 0 Å². The van der Waals surface area contributed by atoms with Crippen LogP contribution in [0.4, 0.5) is 0 Å². The van der Waals surface area contributed by atoms with Gasteiger partial charge in [-0.05, 0) is 24.7 Å². The highest BCUT2D eigenvalue weighted by atomic mass is 16.3. The molecule has 2 rings (SSSR count). The van der Waals surface area contributed by atoms with Crippen LogP contribution >= 0.6 is 0 Å². The van der Waals surface area contributed by atoms with Crippen molar-refractivity contribution in [1.82, 2.24) is 15.1 Å². The second kappa shape index (κ2) is 4.99. The van der Waals surface area contributed by atoms with Gasteiger partial charge in [-0.1, -0.05) is 6.92 Å². The summed E-state index contributed by atoms with van der Waals surface area (Å²) in [6.45, 7) is 3.03. The number of rotatable bonds is 5. The maximum atomic E-state index is 5.38. The Hall–Kier alpha value is -1.55. The van der Waals surface area contributed by atoms with E-state index in [4.69, 9.17) is 4.42 Å². The van der Waals surface area contributed by atoms with Crippen LogP contribution in [0.1, 0.15) is 24.4 Å². The molecule has 0 amide bonds. The monoisotopic (exact) mass is 219 g/mol. The molecule has 16 heavy (non-hydrogen) atoms. The average molecular weight is 219 g/mol. The van der Waals surface area contributed by atoms with Gasteiger partial charge in [0.25, 0.3) is 0 Å². The van der Waals surface area contributed by atoms with E-state index >= 15 is 0 Å². The predicted octanol–water partition coefficient (Wildman–Crippen LogP) is 1.91. The summed E-state index contributed by atoms with van der Waals surface area (Å²) >= 11 is 0. The third-order valence-corrected chi connectivity index (χ3v) is 2.65. The van der Waals surface area contributed by atoms with Crippen molar-refractivity contribution in [2.24, 2.45) is 7.05 Å². The van der Waals surface area contributed by atoms with E-state index in [2.05, 4.69) is 17.3 Å². The number of aromatic nitrogens is 2. The minimum absolute atomic E-state index is 0.253. The number of likely N-dealkylation sites (N-methyl/N-ethyl adjacent to an activating group) is 1. The summed E-state index contributed by atoms with van der Waals surface area (Å²) in [4.78, 5) is 0. The number of furan rings is 1. The lowest BCUT2D eigenvalue weighted by Crippen LogP contribution is -2.25. The summed E-state index contributed by atoms with van der Waals surface area (Å²) in [5.74, 6) is 0.993. The van der Waals surface area contributed by atoms with Crippen LogP contribution in [0.25, 0.3) is 0 Å². The van der Waals surface area contributed by atoms with E-state index in [1.165, 1.54) is 5.69 Å². The van der Waals surface area contributed by atoms with Gasteiger partial charge in [-0.2, -0.15) is 5.10 Å². The van der Waals surface area contributed by atoms with Gasteiger partial charge in [0.1, 0.15) is 5.76 Å². The van der Waals surface area contributed by atoms with Crippen LogP contribution in [0, 0.1) is 0 Å². The fourth-order valence-electron chi connectivity index (χ4n) is 1.88. The van der Waals surface area contributed by atoms with Crippen molar-refractivity contribution in [2.75, 3.05) is 6.54 Å². The molecule has 0 saturated heterocycles. The molecule has 0 saturated carbocycles. The number of nitrogens with one attached hydrogen (secondary N) is 1. The van der Waals surface area contributed by atoms with Crippen LogP contribution in [0.15, 0.2) is 35.1 Å². The van der Waals surface area contributed by atoms with Crippen LogP contribution in [0.2, 0.25) is 0 Å². The van der Waals surface area contributed by atoms with Crippen molar-refractivity contribution < 1.29 is 4.42 Å². The molecule has 1 atom stereocenters. The molecular formula is C12H17N3O. The summed E-state index contributed by atoms with van der Waals surface area (Å²) < 4.78 is 7.28. The third-order valence-electron chi connectivity index (χ3n) is 2.65. The van der Waals surface area contributed by atoms with E-state index < -0.39 is 0 Å². The summed E-state index contributed by atoms with van der Waals surface area (Å²) in [7, 11) is 1.96. The molecule has 86 valence electrons. The highest BCUT2D eigenvalue weighted by Gasteiger charge is 2.15. The minimum atomic E-state index is 0.253. The van der Waals surface area contributed by atoms with E-state index in [-0.39, 0.29) is 6.04 Å². The van der Waals surface area contributed by atoms with Crippen molar-refractivity contribution in [3.63, 3.8) is 0 Å². The predicted molar refractivity (Wildman–Crippen MR) is 62.0 cm³/mol. The Morgan fingerprint density at radius 2 is 2.38 bits per heavy atom. The second-order valence-electron chi connectivity index (χ2n) is 3.77. The fourth-order valence-corrected chi connectivity index (χ4v) is 1.88. The maximum Gasteiger partial charge on any atom is 0.105 e. The lowest BCUT2D eigenvalue weighted by atomic mass is 10.1. The lowest BCUT2D eigenvalue weighted by Gasteiger charge is -2.16. The minimum Gasteiger partial charge on any atom is -0.469 e. The number of aryl methyl sites for hydroxylation is 1. The van der Waals surface area contributed by atoms with E-state index in [1.54, 1.807) is 6.26 Å². The first kappa shape index (κ1) is 11.0. The number of hydrogen-bond donors (Lipinski definition) is 1. The van der Waals surface area contributed by atoms with Crippen LogP contribution in [-0.4, -0.2) is 16.3 Å². The molecule has 0 aliphatic carbocycles. The molecule has 4 heteroatoms. The van der Waals surface area contributed by atoms with Gasteiger partial charge in [0.2, 0.25) is 0 Å². The van der Waals surface area contributed by atoms with E-state index in [9.17, 15) is 0 Å². The summed E-state index contributed by atoms with van der Waals surface area (Å²) in [5.41, 5.74) is 1.18. The first-order chi connectivity index (χ1) is 7.81. The Morgan fingerprint density at radius 1 is 1.50 bits per heavy atom. The second-order valence-corrected chi connectivity index (χ2v) is 3.77. The highest BCUT2D eigenvalue weighted by Crippen LogP contribution is 2.17. The molecular weight excluding hydrogens is 202 g/mol. The van der Waals surface area contributed by atoms with Gasteiger partial charge in [0.15, 0.2) is 0 Å². The summed E-state index contributed by atoms with van der Waals surface area (Å²) in [6.07, 6.45) is 4.38. The smallest absolute Gasteiger partial charge is 0.105 e. The average Bonchev–Trinajstić information content (AvgIpc) is 2.88. The van der Waals surface area contributed by atoms with Crippen molar-refractivity contribution in [3.8, 4) is 0 Å². The number of hydrogen-bond acceptors (Lipinski definition) is 3. The quantitative estimate of drug-likeness (QED) is 0.835. The largest absolute Gasteiger partial charge is 0.469 e. The van der Waals surface area contributed by atoms with Crippen LogP contribution in [0.5, 0.6) is 0 Å². The van der Waals surface area contributed by atoms with Crippen molar-refractivity contribution in [3.05, 3.63) is 42.1 Å². The zero-order chi connectivity index (χ0) is 11.4. The first-order valence-electron chi connectivity index (χ1n) is 5.55. The first-order valence-corrected chi connectivity index (χ1v) is 5.55. The van der Waals surface area contributed by atoms with Gasteiger partial charge in [-0.15, -0.1) is 0 Å². The van der Waals surface area contributed by atoms with E-state index in [0.29, 0.717) is 0 Å². The van der Waals surface area contributed by atoms with Crippen LogP contribution in [-0.2, 0) is 13.5 Å². The molecule has 0 aliphatic heterocycles. The van der Waals surface area contributed by atoms with E-state index in [0.717, 1.165) is 18.7 Å². The topological polar surface area (TPSA) is 43.0 Å². The molecule has 2 heterocycles. The Bertz CT molecular complexity index is 419. The Labute approximate surface area is 95.3 Å². The van der Waals surface area contributed by atoms with Gasteiger partial charge in [0.05, 0.1) is 18.0 Å². The summed E-state index contributed by atoms with van der Waals surface area (Å²) in [5, 5.41) is 7.64.